The first kappa shape index (κ1) is 20.1. The maximum absolute atomic E-state index is 12.9. The molecule has 1 saturated carbocycles. The van der Waals surface area contributed by atoms with Crippen LogP contribution in [-0.2, 0) is 26.9 Å². The predicted molar refractivity (Wildman–Crippen MR) is 113 cm³/mol. The van der Waals surface area contributed by atoms with Gasteiger partial charge in [0.05, 0.1) is 16.1 Å². The minimum atomic E-state index is -3.42. The van der Waals surface area contributed by atoms with Crippen LogP contribution in [0.4, 0.5) is 0 Å². The van der Waals surface area contributed by atoms with Gasteiger partial charge in [-0.3, -0.25) is 9.69 Å². The number of primary amides is 1. The quantitative estimate of drug-likeness (QED) is 0.791. The number of carbonyl (C=O) groups is 1. The topological polar surface area (TPSA) is 80.5 Å². The number of amides is 1. The van der Waals surface area contributed by atoms with Crippen molar-refractivity contribution in [1.29, 1.82) is 0 Å². The number of hydrogen-bond donors (Lipinski definition) is 1. The zero-order chi connectivity index (χ0) is 20.9. The number of hydrogen-bond acceptors (Lipinski definition) is 4. The maximum Gasteiger partial charge on any atom is 0.225 e. The number of nitrogens with two attached hydrogens (primary N) is 1. The van der Waals surface area contributed by atoms with Crippen molar-refractivity contribution in [1.82, 2.24) is 4.90 Å². The van der Waals surface area contributed by atoms with Gasteiger partial charge in [0.25, 0.3) is 0 Å². The van der Waals surface area contributed by atoms with Gasteiger partial charge in [0.15, 0.2) is 9.84 Å². The Morgan fingerprint density at radius 1 is 1.07 bits per heavy atom. The summed E-state index contributed by atoms with van der Waals surface area (Å²) in [5.74, 6) is 0.0219. The van der Waals surface area contributed by atoms with Gasteiger partial charge in [-0.15, -0.1) is 0 Å². The predicted octanol–water partition coefficient (Wildman–Crippen LogP) is 2.99. The number of carbonyl (C=O) groups excluding carboxylic acids is 1. The fraction of sp³-hybridized carbons (Fsp3) is 0.435. The van der Waals surface area contributed by atoms with Gasteiger partial charge in [-0.25, -0.2) is 8.42 Å². The van der Waals surface area contributed by atoms with E-state index in [1.54, 1.807) is 24.3 Å². The van der Waals surface area contributed by atoms with Crippen molar-refractivity contribution < 1.29 is 13.2 Å². The number of likely N-dealkylation sites (tertiary alicyclic amines) is 1. The van der Waals surface area contributed by atoms with Gasteiger partial charge in [0.1, 0.15) is 0 Å². The SMILES string of the molecule is CC1(C)C[C@]2(C(N)=O)CN(Cc3ccccc3CS(=O)(=O)c3ccccc3)C[C@H]12. The first-order valence-electron chi connectivity index (χ1n) is 10.0. The summed E-state index contributed by atoms with van der Waals surface area (Å²) in [4.78, 5) is 14.8. The molecule has 2 fully saturated rings. The summed E-state index contributed by atoms with van der Waals surface area (Å²) in [6, 6.07) is 16.2. The van der Waals surface area contributed by atoms with Gasteiger partial charge in [0.2, 0.25) is 5.91 Å². The second kappa shape index (κ2) is 6.96. The Kier molecular flexibility index (Phi) is 4.82. The van der Waals surface area contributed by atoms with Crippen LogP contribution < -0.4 is 5.73 Å². The van der Waals surface area contributed by atoms with Crippen LogP contribution in [0.3, 0.4) is 0 Å². The Balaban J connectivity index is 1.55. The molecule has 5 nitrogen and oxygen atoms in total. The number of benzene rings is 2. The van der Waals surface area contributed by atoms with Crippen molar-refractivity contribution in [3.05, 3.63) is 65.7 Å². The molecule has 1 saturated heterocycles. The van der Waals surface area contributed by atoms with E-state index in [2.05, 4.69) is 18.7 Å². The number of fused-ring (bicyclic) bond motifs is 1. The van der Waals surface area contributed by atoms with Crippen molar-refractivity contribution in [2.75, 3.05) is 13.1 Å². The van der Waals surface area contributed by atoms with Crippen molar-refractivity contribution in [2.24, 2.45) is 22.5 Å². The van der Waals surface area contributed by atoms with E-state index in [0.717, 1.165) is 24.1 Å². The third kappa shape index (κ3) is 3.49. The van der Waals surface area contributed by atoms with Gasteiger partial charge in [-0.2, -0.15) is 0 Å². The third-order valence-electron chi connectivity index (χ3n) is 6.78. The second-order valence-electron chi connectivity index (χ2n) is 9.25. The van der Waals surface area contributed by atoms with E-state index in [1.807, 2.05) is 30.3 Å². The minimum absolute atomic E-state index is 0.0308. The molecule has 1 heterocycles. The van der Waals surface area contributed by atoms with Crippen LogP contribution in [-0.4, -0.2) is 32.3 Å². The zero-order valence-corrected chi connectivity index (χ0v) is 17.8. The Labute approximate surface area is 172 Å². The summed E-state index contributed by atoms with van der Waals surface area (Å²) in [6.45, 7) is 6.49. The lowest BCUT2D eigenvalue weighted by Gasteiger charge is -2.54. The van der Waals surface area contributed by atoms with Crippen LogP contribution in [0.1, 0.15) is 31.4 Å². The van der Waals surface area contributed by atoms with Crippen molar-refractivity contribution in [2.45, 2.75) is 37.5 Å². The van der Waals surface area contributed by atoms with Gasteiger partial charge in [0, 0.05) is 19.6 Å². The van der Waals surface area contributed by atoms with Gasteiger partial charge < -0.3 is 5.73 Å². The molecule has 2 aromatic carbocycles. The van der Waals surface area contributed by atoms with E-state index in [1.165, 1.54) is 0 Å². The number of sulfone groups is 1. The van der Waals surface area contributed by atoms with E-state index in [4.69, 9.17) is 5.73 Å². The highest BCUT2D eigenvalue weighted by molar-refractivity contribution is 7.90. The van der Waals surface area contributed by atoms with E-state index in [0.29, 0.717) is 18.0 Å². The molecule has 2 atom stereocenters. The van der Waals surface area contributed by atoms with E-state index in [9.17, 15) is 13.2 Å². The van der Waals surface area contributed by atoms with Crippen molar-refractivity contribution in [3.63, 3.8) is 0 Å². The Hall–Kier alpha value is -2.18. The minimum Gasteiger partial charge on any atom is -0.369 e. The molecule has 4 rings (SSSR count). The summed E-state index contributed by atoms with van der Waals surface area (Å²) < 4.78 is 25.7. The fourth-order valence-corrected chi connectivity index (χ4v) is 6.88. The van der Waals surface area contributed by atoms with Gasteiger partial charge in [-0.05, 0) is 41.0 Å². The van der Waals surface area contributed by atoms with Crippen LogP contribution >= 0.6 is 0 Å². The summed E-state index contributed by atoms with van der Waals surface area (Å²) >= 11 is 0. The average molecular weight is 413 g/mol. The van der Waals surface area contributed by atoms with E-state index >= 15 is 0 Å². The Morgan fingerprint density at radius 2 is 1.69 bits per heavy atom. The molecule has 2 aromatic rings. The van der Waals surface area contributed by atoms with Crippen molar-refractivity contribution >= 4 is 15.7 Å². The molecule has 1 amide bonds. The highest BCUT2D eigenvalue weighted by Gasteiger charge is 2.65. The molecule has 2 N–H and O–H groups in total. The van der Waals surface area contributed by atoms with Crippen LogP contribution in [0.5, 0.6) is 0 Å². The lowest BCUT2D eigenvalue weighted by molar-refractivity contribution is -0.148. The van der Waals surface area contributed by atoms with Gasteiger partial charge >= 0.3 is 0 Å². The Bertz CT molecular complexity index is 1030. The maximum atomic E-state index is 12.9. The standard InChI is InChI=1S/C23H28N2O3S/c1-22(2)15-23(21(24)26)16-25(13-20(22)23)12-17-8-6-7-9-18(17)14-29(27,28)19-10-4-3-5-11-19/h3-11,20H,12-16H2,1-2H3,(H2,24,26)/t20-,23+/m1/s1. The van der Waals surface area contributed by atoms with Crippen molar-refractivity contribution in [3.8, 4) is 0 Å². The lowest BCUT2D eigenvalue weighted by atomic mass is 9.48. The summed E-state index contributed by atoms with van der Waals surface area (Å²) in [5, 5.41) is 0. The monoisotopic (exact) mass is 412 g/mol. The second-order valence-corrected chi connectivity index (χ2v) is 11.2. The smallest absolute Gasteiger partial charge is 0.225 e. The summed E-state index contributed by atoms with van der Waals surface area (Å²) in [5.41, 5.74) is 7.26. The Morgan fingerprint density at radius 3 is 2.28 bits per heavy atom. The van der Waals surface area contributed by atoms with Crippen LogP contribution in [0.25, 0.3) is 0 Å². The molecule has 0 aromatic heterocycles. The largest absolute Gasteiger partial charge is 0.369 e. The lowest BCUT2D eigenvalue weighted by Crippen LogP contribution is -2.59. The average Bonchev–Trinajstić information content (AvgIpc) is 2.99. The first-order chi connectivity index (χ1) is 13.6. The van der Waals surface area contributed by atoms with Gasteiger partial charge in [-0.1, -0.05) is 56.3 Å². The number of rotatable bonds is 6. The molecule has 6 heteroatoms. The molecule has 0 bridgehead atoms. The number of nitrogens with zero attached hydrogens (tertiary/aromatic N) is 1. The van der Waals surface area contributed by atoms with Crippen LogP contribution in [0.2, 0.25) is 0 Å². The molecule has 0 spiro atoms. The first-order valence-corrected chi connectivity index (χ1v) is 11.7. The molecule has 154 valence electrons. The van der Waals surface area contributed by atoms with Crippen LogP contribution in [0, 0.1) is 16.7 Å². The highest BCUT2D eigenvalue weighted by atomic mass is 32.2. The summed E-state index contributed by atoms with van der Waals surface area (Å²) in [6.07, 6.45) is 0.820. The highest BCUT2D eigenvalue weighted by Crippen LogP contribution is 2.62. The fourth-order valence-electron chi connectivity index (χ4n) is 5.45. The zero-order valence-electron chi connectivity index (χ0n) is 17.0. The molecule has 29 heavy (non-hydrogen) atoms. The van der Waals surface area contributed by atoms with E-state index in [-0.39, 0.29) is 23.0 Å². The molecule has 1 aliphatic heterocycles. The molecule has 2 aliphatic rings. The molecule has 0 unspecified atom stereocenters. The normalized spacial score (nSPS) is 25.9. The third-order valence-corrected chi connectivity index (χ3v) is 8.46. The molecule has 1 aliphatic carbocycles. The molecular weight excluding hydrogens is 384 g/mol. The van der Waals surface area contributed by atoms with Crippen LogP contribution in [0.15, 0.2) is 59.5 Å². The summed E-state index contributed by atoms with van der Waals surface area (Å²) in [7, 11) is -3.42. The molecule has 0 radical (unpaired) electrons. The van der Waals surface area contributed by atoms with E-state index < -0.39 is 15.3 Å². The molecular formula is C23H28N2O3S.